The van der Waals surface area contributed by atoms with Crippen molar-refractivity contribution in [2.45, 2.75) is 33.4 Å². The molecule has 9 nitrogen and oxygen atoms in total. The van der Waals surface area contributed by atoms with E-state index in [1.165, 1.54) is 7.11 Å². The second kappa shape index (κ2) is 12.2. The van der Waals surface area contributed by atoms with Gasteiger partial charge in [0.1, 0.15) is 0 Å². The Balaban J connectivity index is 1.91. The van der Waals surface area contributed by atoms with Crippen molar-refractivity contribution in [1.29, 1.82) is 0 Å². The molecular weight excluding hydrogens is 412 g/mol. The lowest BCUT2D eigenvalue weighted by Crippen LogP contribution is -2.34. The quantitative estimate of drug-likeness (QED) is 0.451. The standard InChI is InChI=1S/C23H30N4O5/c1-5-24-21(28)14-32-19-11-6-16(12-20(19)31-4)13-25-22(29)17-7-9-18(10-8-17)27-23(30)26-15(2)3/h6-12,15H,5,13-14H2,1-4H3,(H,24,28)(H,25,29)(H2,26,27,30). The van der Waals surface area contributed by atoms with Gasteiger partial charge >= 0.3 is 6.03 Å². The first kappa shape index (κ1) is 24.5. The molecule has 4 N–H and O–H groups in total. The number of anilines is 1. The second-order valence-electron chi connectivity index (χ2n) is 7.24. The smallest absolute Gasteiger partial charge is 0.319 e. The minimum Gasteiger partial charge on any atom is -0.493 e. The molecule has 9 heteroatoms. The molecule has 32 heavy (non-hydrogen) atoms. The Morgan fingerprint density at radius 3 is 2.31 bits per heavy atom. The summed E-state index contributed by atoms with van der Waals surface area (Å²) in [7, 11) is 1.51. The third kappa shape index (κ3) is 7.82. The second-order valence-corrected chi connectivity index (χ2v) is 7.24. The van der Waals surface area contributed by atoms with E-state index in [0.29, 0.717) is 29.3 Å². The Bertz CT molecular complexity index is 928. The summed E-state index contributed by atoms with van der Waals surface area (Å²) in [5.41, 5.74) is 1.87. The third-order valence-electron chi connectivity index (χ3n) is 4.24. The number of nitrogens with one attached hydrogen (secondary N) is 4. The van der Waals surface area contributed by atoms with Gasteiger partial charge in [0.15, 0.2) is 18.1 Å². The van der Waals surface area contributed by atoms with Crippen molar-refractivity contribution in [3.8, 4) is 11.5 Å². The molecule has 0 spiro atoms. The monoisotopic (exact) mass is 442 g/mol. The number of carbonyl (C=O) groups is 3. The van der Waals surface area contributed by atoms with Crippen LogP contribution in [-0.4, -0.2) is 44.1 Å². The zero-order valence-corrected chi connectivity index (χ0v) is 18.8. The van der Waals surface area contributed by atoms with Crippen molar-refractivity contribution in [1.82, 2.24) is 16.0 Å². The van der Waals surface area contributed by atoms with Crippen LogP contribution in [0, 0.1) is 0 Å². The molecule has 0 aliphatic heterocycles. The van der Waals surface area contributed by atoms with Gasteiger partial charge in [0.05, 0.1) is 7.11 Å². The maximum atomic E-state index is 12.4. The van der Waals surface area contributed by atoms with Crippen LogP contribution >= 0.6 is 0 Å². The van der Waals surface area contributed by atoms with Crippen molar-refractivity contribution < 1.29 is 23.9 Å². The largest absolute Gasteiger partial charge is 0.493 e. The van der Waals surface area contributed by atoms with Gasteiger partial charge in [0.25, 0.3) is 11.8 Å². The van der Waals surface area contributed by atoms with E-state index in [0.717, 1.165) is 5.56 Å². The predicted molar refractivity (Wildman–Crippen MR) is 122 cm³/mol. The number of rotatable bonds is 10. The Morgan fingerprint density at radius 2 is 1.69 bits per heavy atom. The zero-order chi connectivity index (χ0) is 23.5. The highest BCUT2D eigenvalue weighted by Gasteiger charge is 2.11. The first-order chi connectivity index (χ1) is 15.3. The Hall–Kier alpha value is -3.75. The van der Waals surface area contributed by atoms with Gasteiger partial charge in [-0.15, -0.1) is 0 Å². The van der Waals surface area contributed by atoms with Gasteiger partial charge in [-0.2, -0.15) is 0 Å². The SMILES string of the molecule is CCNC(=O)COc1ccc(CNC(=O)c2ccc(NC(=O)NC(C)C)cc2)cc1OC. The van der Waals surface area contributed by atoms with Gasteiger partial charge in [0.2, 0.25) is 0 Å². The fraction of sp³-hybridized carbons (Fsp3) is 0.348. The minimum atomic E-state index is -0.301. The molecule has 0 saturated carbocycles. The molecule has 0 unspecified atom stereocenters. The van der Waals surface area contributed by atoms with Gasteiger partial charge < -0.3 is 30.7 Å². The number of likely N-dealkylation sites (N-methyl/N-ethyl adjacent to an activating group) is 1. The summed E-state index contributed by atoms with van der Waals surface area (Å²) in [6.45, 7) is 6.28. The van der Waals surface area contributed by atoms with Crippen LogP contribution in [0.1, 0.15) is 36.7 Å². The maximum Gasteiger partial charge on any atom is 0.319 e. The van der Waals surface area contributed by atoms with Crippen molar-refractivity contribution in [3.05, 3.63) is 53.6 Å². The minimum absolute atomic E-state index is 0.0276. The van der Waals surface area contributed by atoms with Crippen molar-refractivity contribution in [2.24, 2.45) is 0 Å². The van der Waals surface area contributed by atoms with Crippen molar-refractivity contribution in [2.75, 3.05) is 25.6 Å². The predicted octanol–water partition coefficient (Wildman–Crippen LogP) is 2.67. The van der Waals surface area contributed by atoms with E-state index in [2.05, 4.69) is 21.3 Å². The number of benzene rings is 2. The lowest BCUT2D eigenvalue weighted by atomic mass is 10.1. The highest BCUT2D eigenvalue weighted by Crippen LogP contribution is 2.28. The number of ether oxygens (including phenoxy) is 2. The van der Waals surface area contributed by atoms with Crippen LogP contribution in [0.4, 0.5) is 10.5 Å². The molecule has 0 atom stereocenters. The Kier molecular flexibility index (Phi) is 9.34. The average molecular weight is 443 g/mol. The number of hydrogen-bond acceptors (Lipinski definition) is 5. The van der Waals surface area contributed by atoms with Crippen LogP contribution < -0.4 is 30.7 Å². The first-order valence-electron chi connectivity index (χ1n) is 10.3. The molecule has 2 aromatic rings. The molecule has 0 aliphatic carbocycles. The summed E-state index contributed by atoms with van der Waals surface area (Å²) >= 11 is 0. The van der Waals surface area contributed by atoms with E-state index in [1.54, 1.807) is 42.5 Å². The molecule has 0 radical (unpaired) electrons. The topological polar surface area (TPSA) is 118 Å². The van der Waals surface area contributed by atoms with Gasteiger partial charge in [0, 0.05) is 30.4 Å². The summed E-state index contributed by atoms with van der Waals surface area (Å²) < 4.78 is 10.8. The molecule has 4 amide bonds. The van der Waals surface area contributed by atoms with Crippen molar-refractivity contribution in [3.63, 3.8) is 0 Å². The Morgan fingerprint density at radius 1 is 0.969 bits per heavy atom. The van der Waals surface area contributed by atoms with E-state index in [4.69, 9.17) is 9.47 Å². The molecule has 2 aromatic carbocycles. The Labute approximate surface area is 187 Å². The van der Waals surface area contributed by atoms with Crippen LogP contribution in [0.5, 0.6) is 11.5 Å². The normalized spacial score (nSPS) is 10.3. The van der Waals surface area contributed by atoms with Crippen molar-refractivity contribution >= 4 is 23.5 Å². The number of urea groups is 1. The van der Waals surface area contributed by atoms with Gasteiger partial charge in [-0.1, -0.05) is 6.07 Å². The highest BCUT2D eigenvalue weighted by atomic mass is 16.5. The van der Waals surface area contributed by atoms with Crippen LogP contribution in [0.15, 0.2) is 42.5 Å². The number of amides is 4. The molecule has 0 heterocycles. The van der Waals surface area contributed by atoms with E-state index in [-0.39, 0.29) is 37.0 Å². The van der Waals surface area contributed by atoms with E-state index >= 15 is 0 Å². The number of methoxy groups -OCH3 is 1. The number of hydrogen-bond donors (Lipinski definition) is 4. The molecule has 0 bridgehead atoms. The van der Waals surface area contributed by atoms with E-state index < -0.39 is 0 Å². The van der Waals surface area contributed by atoms with Gasteiger partial charge in [-0.25, -0.2) is 4.79 Å². The van der Waals surface area contributed by atoms with Gasteiger partial charge in [-0.3, -0.25) is 9.59 Å². The maximum absolute atomic E-state index is 12.4. The summed E-state index contributed by atoms with van der Waals surface area (Å²) in [5, 5.41) is 10.9. The van der Waals surface area contributed by atoms with E-state index in [1.807, 2.05) is 20.8 Å². The molecule has 172 valence electrons. The molecule has 0 saturated heterocycles. The number of carbonyl (C=O) groups excluding carboxylic acids is 3. The van der Waals surface area contributed by atoms with Crippen LogP contribution in [0.2, 0.25) is 0 Å². The molecule has 2 rings (SSSR count). The van der Waals surface area contributed by atoms with Crippen LogP contribution in [-0.2, 0) is 11.3 Å². The summed E-state index contributed by atoms with van der Waals surface area (Å²) in [6, 6.07) is 11.6. The van der Waals surface area contributed by atoms with Gasteiger partial charge in [-0.05, 0) is 62.7 Å². The lowest BCUT2D eigenvalue weighted by Gasteiger charge is -2.13. The van der Waals surface area contributed by atoms with Crippen LogP contribution in [0.25, 0.3) is 0 Å². The van der Waals surface area contributed by atoms with E-state index in [9.17, 15) is 14.4 Å². The highest BCUT2D eigenvalue weighted by molar-refractivity contribution is 5.95. The zero-order valence-electron chi connectivity index (χ0n) is 18.8. The molecular formula is C23H30N4O5. The summed E-state index contributed by atoms with van der Waals surface area (Å²) in [5.74, 6) is 0.445. The average Bonchev–Trinajstić information content (AvgIpc) is 2.76. The summed E-state index contributed by atoms with van der Waals surface area (Å²) in [4.78, 5) is 35.7. The fourth-order valence-corrected chi connectivity index (χ4v) is 2.75. The molecule has 0 fully saturated rings. The third-order valence-corrected chi connectivity index (χ3v) is 4.24. The lowest BCUT2D eigenvalue weighted by molar-refractivity contribution is -0.123. The summed E-state index contributed by atoms with van der Waals surface area (Å²) in [6.07, 6.45) is 0. The molecule has 0 aromatic heterocycles. The fourth-order valence-electron chi connectivity index (χ4n) is 2.75. The molecule has 0 aliphatic rings. The first-order valence-corrected chi connectivity index (χ1v) is 10.3. The van der Waals surface area contributed by atoms with Crippen LogP contribution in [0.3, 0.4) is 0 Å².